The van der Waals surface area contributed by atoms with Gasteiger partial charge in [-0.3, -0.25) is 4.79 Å². The minimum atomic E-state index is -0.344. The molecule has 1 aromatic carbocycles. The number of thiazole rings is 1. The lowest BCUT2D eigenvalue weighted by Gasteiger charge is -2.21. The van der Waals surface area contributed by atoms with Gasteiger partial charge >= 0.3 is 0 Å². The Balaban J connectivity index is 1.72. The predicted molar refractivity (Wildman–Crippen MR) is 103 cm³/mol. The van der Waals surface area contributed by atoms with Gasteiger partial charge in [0.2, 0.25) is 5.91 Å². The third-order valence-corrected chi connectivity index (χ3v) is 5.09. The van der Waals surface area contributed by atoms with E-state index in [1.165, 1.54) is 17.4 Å². The molecule has 0 saturated carbocycles. The van der Waals surface area contributed by atoms with Crippen LogP contribution in [0.4, 0.5) is 4.39 Å². The van der Waals surface area contributed by atoms with Crippen molar-refractivity contribution in [3.05, 3.63) is 76.2 Å². The lowest BCUT2D eigenvalue weighted by atomic mass is 10.2. The van der Waals surface area contributed by atoms with E-state index in [9.17, 15) is 9.18 Å². The molecule has 0 N–H and O–H groups in total. The summed E-state index contributed by atoms with van der Waals surface area (Å²) in [6.07, 6.45) is 3.35. The first kappa shape index (κ1) is 18.5. The standard InChI is InChI=1S/C19H16BrFN2O2S/c1-2-7-23(11-13-9-14(20)5-6-16(13)21)18(24)10-15-12-26-19(22-15)17-4-3-8-25-17/h2-6,8-9,12H,1,7,10-11H2. The average molecular weight is 435 g/mol. The molecule has 0 aliphatic carbocycles. The molecule has 0 aliphatic heterocycles. The largest absolute Gasteiger partial charge is 0.462 e. The molecule has 26 heavy (non-hydrogen) atoms. The zero-order valence-corrected chi connectivity index (χ0v) is 16.2. The van der Waals surface area contributed by atoms with Crippen LogP contribution in [0.2, 0.25) is 0 Å². The number of furan rings is 1. The van der Waals surface area contributed by atoms with E-state index < -0.39 is 0 Å². The quantitative estimate of drug-likeness (QED) is 0.488. The summed E-state index contributed by atoms with van der Waals surface area (Å²) in [5.74, 6) is 0.192. The number of hydrogen-bond donors (Lipinski definition) is 0. The van der Waals surface area contributed by atoms with Crippen molar-refractivity contribution in [2.75, 3.05) is 6.54 Å². The van der Waals surface area contributed by atoms with Crippen molar-refractivity contribution in [3.8, 4) is 10.8 Å². The van der Waals surface area contributed by atoms with E-state index in [-0.39, 0.29) is 24.7 Å². The molecule has 1 amide bonds. The highest BCUT2D eigenvalue weighted by molar-refractivity contribution is 9.10. The fourth-order valence-corrected chi connectivity index (χ4v) is 3.64. The van der Waals surface area contributed by atoms with Crippen molar-refractivity contribution >= 4 is 33.2 Å². The summed E-state index contributed by atoms with van der Waals surface area (Å²) >= 11 is 4.75. The summed E-state index contributed by atoms with van der Waals surface area (Å²) in [6.45, 7) is 4.19. The Bertz CT molecular complexity index is 908. The van der Waals surface area contributed by atoms with E-state index >= 15 is 0 Å². The summed E-state index contributed by atoms with van der Waals surface area (Å²) in [5.41, 5.74) is 1.11. The molecular weight excluding hydrogens is 419 g/mol. The van der Waals surface area contributed by atoms with Gasteiger partial charge in [-0.25, -0.2) is 9.37 Å². The Kier molecular flexibility index (Phi) is 6.00. The van der Waals surface area contributed by atoms with Crippen molar-refractivity contribution in [3.63, 3.8) is 0 Å². The summed E-state index contributed by atoms with van der Waals surface area (Å²) in [6, 6.07) is 8.30. The third kappa shape index (κ3) is 4.47. The van der Waals surface area contributed by atoms with Crippen LogP contribution in [0.5, 0.6) is 0 Å². The second kappa shape index (κ2) is 8.42. The molecular formula is C19H16BrFN2O2S. The van der Waals surface area contributed by atoms with Gasteiger partial charge in [-0.2, -0.15) is 0 Å². The fourth-order valence-electron chi connectivity index (χ4n) is 2.45. The number of rotatable bonds is 7. The van der Waals surface area contributed by atoms with Gasteiger partial charge < -0.3 is 9.32 Å². The third-order valence-electron chi connectivity index (χ3n) is 3.69. The van der Waals surface area contributed by atoms with E-state index in [1.807, 2.05) is 11.4 Å². The van der Waals surface area contributed by atoms with Gasteiger partial charge in [-0.15, -0.1) is 17.9 Å². The van der Waals surface area contributed by atoms with Crippen LogP contribution in [-0.2, 0) is 17.8 Å². The molecule has 3 aromatic rings. The average Bonchev–Trinajstić information content (AvgIpc) is 3.29. The van der Waals surface area contributed by atoms with Crippen LogP contribution in [0.15, 0.2) is 63.5 Å². The molecule has 0 unspecified atom stereocenters. The Morgan fingerprint density at radius 2 is 2.27 bits per heavy atom. The second-order valence-electron chi connectivity index (χ2n) is 5.60. The zero-order valence-electron chi connectivity index (χ0n) is 13.8. The summed E-state index contributed by atoms with van der Waals surface area (Å²) < 4.78 is 20.1. The Morgan fingerprint density at radius 3 is 3.00 bits per heavy atom. The van der Waals surface area contributed by atoms with Crippen molar-refractivity contribution in [2.45, 2.75) is 13.0 Å². The maximum absolute atomic E-state index is 14.0. The first-order valence-corrected chi connectivity index (χ1v) is 9.55. The molecule has 7 heteroatoms. The SMILES string of the molecule is C=CCN(Cc1cc(Br)ccc1F)C(=O)Cc1csc(-c2ccco2)n1. The van der Waals surface area contributed by atoms with E-state index in [2.05, 4.69) is 27.5 Å². The number of nitrogens with zero attached hydrogens (tertiary/aromatic N) is 2. The maximum atomic E-state index is 14.0. The number of halogens is 2. The number of amides is 1. The highest BCUT2D eigenvalue weighted by Crippen LogP contribution is 2.24. The molecule has 0 fully saturated rings. The molecule has 0 bridgehead atoms. The summed E-state index contributed by atoms with van der Waals surface area (Å²) in [4.78, 5) is 18.7. The van der Waals surface area contributed by atoms with E-state index in [4.69, 9.17) is 4.42 Å². The molecule has 0 spiro atoms. The molecule has 0 aliphatic rings. The predicted octanol–water partition coefficient (Wildman–Crippen LogP) is 5.06. The molecule has 0 atom stereocenters. The first-order chi connectivity index (χ1) is 12.6. The van der Waals surface area contributed by atoms with E-state index in [0.717, 1.165) is 9.48 Å². The summed E-state index contributed by atoms with van der Waals surface area (Å²) in [5, 5.41) is 2.56. The number of carbonyl (C=O) groups excluding carboxylic acids is 1. The normalized spacial score (nSPS) is 10.7. The fraction of sp³-hybridized carbons (Fsp3) is 0.158. The van der Waals surface area contributed by atoms with Crippen LogP contribution in [0.3, 0.4) is 0 Å². The zero-order chi connectivity index (χ0) is 18.5. The van der Waals surface area contributed by atoms with Gasteiger partial charge in [0, 0.05) is 28.5 Å². The molecule has 0 saturated heterocycles. The van der Waals surface area contributed by atoms with Gasteiger partial charge in [0.15, 0.2) is 10.8 Å². The van der Waals surface area contributed by atoms with Crippen molar-refractivity contribution in [2.24, 2.45) is 0 Å². The molecule has 4 nitrogen and oxygen atoms in total. The lowest BCUT2D eigenvalue weighted by molar-refractivity contribution is -0.130. The molecule has 3 rings (SSSR count). The van der Waals surface area contributed by atoms with Crippen molar-refractivity contribution in [1.82, 2.24) is 9.88 Å². The highest BCUT2D eigenvalue weighted by Gasteiger charge is 2.17. The number of benzene rings is 1. The lowest BCUT2D eigenvalue weighted by Crippen LogP contribution is -2.32. The number of aromatic nitrogens is 1. The van der Waals surface area contributed by atoms with Gasteiger partial charge in [-0.1, -0.05) is 22.0 Å². The Morgan fingerprint density at radius 1 is 1.42 bits per heavy atom. The van der Waals surface area contributed by atoms with Gasteiger partial charge in [0.25, 0.3) is 0 Å². The van der Waals surface area contributed by atoms with Gasteiger partial charge in [0.05, 0.1) is 18.4 Å². The van der Waals surface area contributed by atoms with E-state index in [1.54, 1.807) is 35.4 Å². The minimum absolute atomic E-state index is 0.138. The number of hydrogen-bond acceptors (Lipinski definition) is 4. The monoisotopic (exact) mass is 434 g/mol. The van der Waals surface area contributed by atoms with Gasteiger partial charge in [-0.05, 0) is 30.3 Å². The first-order valence-electron chi connectivity index (χ1n) is 7.87. The minimum Gasteiger partial charge on any atom is -0.462 e. The molecule has 2 aromatic heterocycles. The summed E-state index contributed by atoms with van der Waals surface area (Å²) in [7, 11) is 0. The van der Waals surface area contributed by atoms with Crippen LogP contribution in [0, 0.1) is 5.82 Å². The molecule has 2 heterocycles. The van der Waals surface area contributed by atoms with Crippen LogP contribution in [-0.4, -0.2) is 22.3 Å². The van der Waals surface area contributed by atoms with Crippen LogP contribution in [0.25, 0.3) is 10.8 Å². The topological polar surface area (TPSA) is 46.3 Å². The Labute approximate surface area is 163 Å². The number of carbonyl (C=O) groups is 1. The van der Waals surface area contributed by atoms with Crippen LogP contribution >= 0.6 is 27.3 Å². The van der Waals surface area contributed by atoms with Crippen molar-refractivity contribution in [1.29, 1.82) is 0 Å². The molecule has 134 valence electrons. The van der Waals surface area contributed by atoms with Gasteiger partial charge in [0.1, 0.15) is 5.82 Å². The van der Waals surface area contributed by atoms with Crippen LogP contribution in [0.1, 0.15) is 11.3 Å². The highest BCUT2D eigenvalue weighted by atomic mass is 79.9. The smallest absolute Gasteiger partial charge is 0.229 e. The molecule has 0 radical (unpaired) electrons. The second-order valence-corrected chi connectivity index (χ2v) is 7.37. The maximum Gasteiger partial charge on any atom is 0.229 e. The van der Waals surface area contributed by atoms with Crippen molar-refractivity contribution < 1.29 is 13.6 Å². The Hall–Kier alpha value is -2.25. The van der Waals surface area contributed by atoms with Crippen LogP contribution < -0.4 is 0 Å². The van der Waals surface area contributed by atoms with E-state index in [0.29, 0.717) is 23.6 Å².